The van der Waals surface area contributed by atoms with E-state index in [1.54, 1.807) is 0 Å². The van der Waals surface area contributed by atoms with E-state index >= 15 is 0 Å². The predicted molar refractivity (Wildman–Crippen MR) is 62.8 cm³/mol. The first-order chi connectivity index (χ1) is 9.26. The molecule has 0 bridgehead atoms. The smallest absolute Gasteiger partial charge is 0.390 e. The summed E-state index contributed by atoms with van der Waals surface area (Å²) < 4.78 is 20.2. The van der Waals surface area contributed by atoms with Crippen molar-refractivity contribution in [2.45, 2.75) is 31.1 Å². The first-order valence-electron chi connectivity index (χ1n) is 5.75. The quantitative estimate of drug-likeness (QED) is 0.391. The van der Waals surface area contributed by atoms with Crippen LogP contribution >= 0.6 is 7.82 Å². The van der Waals surface area contributed by atoms with Gasteiger partial charge in [-0.1, -0.05) is 0 Å². The molecule has 0 saturated carbocycles. The molecule has 1 fully saturated rings. The van der Waals surface area contributed by atoms with E-state index in [2.05, 4.69) is 9.84 Å². The average Bonchev–Trinajstić information content (AvgIpc) is 2.67. The van der Waals surface area contributed by atoms with E-state index in [0.717, 1.165) is 4.90 Å². The molecule has 1 saturated heterocycles. The average molecular weight is 310 g/mol. The number of hydrogen-bond acceptors (Lipinski definition) is 6. The highest BCUT2D eigenvalue weighted by atomic mass is 31.2. The lowest BCUT2D eigenvalue weighted by Crippen LogP contribution is -2.49. The number of aliphatic hydroxyl groups excluding tert-OH is 2. The number of ether oxygens (including phenoxy) is 1. The van der Waals surface area contributed by atoms with Crippen LogP contribution in [0.4, 0.5) is 4.79 Å². The maximum absolute atomic E-state index is 11.6. The van der Waals surface area contributed by atoms with E-state index in [1.807, 2.05) is 0 Å². The zero-order chi connectivity index (χ0) is 14.9. The second kappa shape index (κ2) is 5.78. The van der Waals surface area contributed by atoms with Crippen LogP contribution in [0, 0.1) is 0 Å². The summed E-state index contributed by atoms with van der Waals surface area (Å²) in [6, 6.07) is -0.603. The molecule has 1 unspecified atom stereocenters. The second-order valence-electron chi connectivity index (χ2n) is 4.36. The molecule has 0 aromatic heterocycles. The molecule has 0 aliphatic carbocycles. The van der Waals surface area contributed by atoms with Crippen molar-refractivity contribution in [3.8, 4) is 0 Å². The molecule has 2 aliphatic heterocycles. The van der Waals surface area contributed by atoms with Crippen molar-refractivity contribution >= 4 is 13.9 Å². The van der Waals surface area contributed by atoms with Crippen LogP contribution in [0.1, 0.15) is 6.42 Å². The van der Waals surface area contributed by atoms with Gasteiger partial charge in [-0.3, -0.25) is 9.42 Å². The molecule has 5 N–H and O–H groups in total. The van der Waals surface area contributed by atoms with Crippen LogP contribution in [-0.4, -0.2) is 62.2 Å². The molecule has 0 spiro atoms. The Bertz CT molecular complexity index is 451. The van der Waals surface area contributed by atoms with Crippen molar-refractivity contribution < 1.29 is 38.6 Å². The predicted octanol–water partition coefficient (Wildman–Crippen LogP) is -1.57. The summed E-state index contributed by atoms with van der Waals surface area (Å²) in [7, 11) is -4.65. The molecule has 0 radical (unpaired) electrons. The molecule has 0 aromatic carbocycles. The Morgan fingerprint density at radius 1 is 1.50 bits per heavy atom. The fourth-order valence-electron chi connectivity index (χ4n) is 1.92. The molecule has 11 heteroatoms. The summed E-state index contributed by atoms with van der Waals surface area (Å²) in [6.45, 7) is -0.496. The Hall–Kier alpha value is -1.00. The molecule has 2 amide bonds. The van der Waals surface area contributed by atoms with Crippen LogP contribution in [0.15, 0.2) is 12.3 Å². The number of phosphoric ester groups is 1. The largest absolute Gasteiger partial charge is 0.469 e. The maximum Gasteiger partial charge on any atom is 0.469 e. The van der Waals surface area contributed by atoms with Crippen LogP contribution in [0.2, 0.25) is 0 Å². The number of nitrogens with zero attached hydrogens (tertiary/aromatic N) is 1. The van der Waals surface area contributed by atoms with Gasteiger partial charge in [0, 0.05) is 12.6 Å². The standard InChI is InChI=1S/C9H15N2O8P/c12-5-3-8(11-2-1-7(13)10-9(11)14)19-6(5)4-18-20(15,16)17/h1-2,5-8,12-13H,3-4H2,(H,10,14)(H2,15,16,17)/t5-,6?,7+,8+/m0/s1. The van der Waals surface area contributed by atoms with Gasteiger partial charge in [-0.25, -0.2) is 9.36 Å². The molecule has 2 aliphatic rings. The summed E-state index contributed by atoms with van der Waals surface area (Å²) in [5, 5.41) is 21.1. The number of carbonyl (C=O) groups is 1. The van der Waals surface area contributed by atoms with Crippen LogP contribution in [0.3, 0.4) is 0 Å². The van der Waals surface area contributed by atoms with Gasteiger partial charge in [0.05, 0.1) is 12.7 Å². The number of carbonyl (C=O) groups excluding carboxylic acids is 1. The highest BCUT2D eigenvalue weighted by Gasteiger charge is 2.40. The van der Waals surface area contributed by atoms with Crippen molar-refractivity contribution in [3.05, 3.63) is 12.3 Å². The van der Waals surface area contributed by atoms with Gasteiger partial charge in [-0.05, 0) is 6.08 Å². The fourth-order valence-corrected chi connectivity index (χ4v) is 2.27. The van der Waals surface area contributed by atoms with E-state index in [9.17, 15) is 19.6 Å². The zero-order valence-corrected chi connectivity index (χ0v) is 11.1. The van der Waals surface area contributed by atoms with Crippen LogP contribution in [0.5, 0.6) is 0 Å². The number of rotatable bonds is 4. The van der Waals surface area contributed by atoms with Crippen LogP contribution in [0.25, 0.3) is 0 Å². The highest BCUT2D eigenvalue weighted by Crippen LogP contribution is 2.37. The molecular formula is C9H15N2O8P. The topological polar surface area (TPSA) is 149 Å². The first-order valence-corrected chi connectivity index (χ1v) is 7.28. The van der Waals surface area contributed by atoms with Gasteiger partial charge in [0.25, 0.3) is 0 Å². The molecule has 10 nitrogen and oxygen atoms in total. The maximum atomic E-state index is 11.6. The summed E-state index contributed by atoms with van der Waals surface area (Å²) in [4.78, 5) is 29.9. The summed E-state index contributed by atoms with van der Waals surface area (Å²) in [6.07, 6.45) is -1.19. The number of amides is 2. The van der Waals surface area contributed by atoms with Gasteiger partial charge in [0.1, 0.15) is 18.6 Å². The van der Waals surface area contributed by atoms with E-state index in [0.29, 0.717) is 0 Å². The van der Waals surface area contributed by atoms with E-state index in [4.69, 9.17) is 14.5 Å². The van der Waals surface area contributed by atoms with Crippen molar-refractivity contribution in [1.29, 1.82) is 0 Å². The third-order valence-electron chi connectivity index (χ3n) is 2.86. The Balaban J connectivity index is 1.95. The Kier molecular flexibility index (Phi) is 4.45. The van der Waals surface area contributed by atoms with E-state index in [-0.39, 0.29) is 6.42 Å². The van der Waals surface area contributed by atoms with Crippen LogP contribution < -0.4 is 5.32 Å². The minimum Gasteiger partial charge on any atom is -0.390 e. The molecule has 2 heterocycles. The molecule has 4 atom stereocenters. The first kappa shape index (κ1) is 15.4. The van der Waals surface area contributed by atoms with Crippen LogP contribution in [-0.2, 0) is 13.8 Å². The lowest BCUT2D eigenvalue weighted by atomic mass is 10.2. The van der Waals surface area contributed by atoms with Gasteiger partial charge < -0.3 is 30.1 Å². The molecule has 114 valence electrons. The van der Waals surface area contributed by atoms with Gasteiger partial charge in [-0.2, -0.15) is 0 Å². The van der Waals surface area contributed by atoms with Crippen molar-refractivity contribution in [1.82, 2.24) is 10.2 Å². The van der Waals surface area contributed by atoms with Gasteiger partial charge in [-0.15, -0.1) is 0 Å². The minimum absolute atomic E-state index is 0.0586. The number of phosphoric acid groups is 1. The molecular weight excluding hydrogens is 295 g/mol. The third-order valence-corrected chi connectivity index (χ3v) is 3.34. The summed E-state index contributed by atoms with van der Waals surface area (Å²) >= 11 is 0. The van der Waals surface area contributed by atoms with Crippen molar-refractivity contribution in [3.63, 3.8) is 0 Å². The number of urea groups is 1. The van der Waals surface area contributed by atoms with Gasteiger partial charge in [0.15, 0.2) is 0 Å². The van der Waals surface area contributed by atoms with E-state index in [1.165, 1.54) is 12.3 Å². The fraction of sp³-hybridized carbons (Fsp3) is 0.667. The highest BCUT2D eigenvalue weighted by molar-refractivity contribution is 7.46. The summed E-state index contributed by atoms with van der Waals surface area (Å²) in [5.74, 6) is 0. The molecule has 2 rings (SSSR count). The van der Waals surface area contributed by atoms with Gasteiger partial charge >= 0.3 is 13.9 Å². The Morgan fingerprint density at radius 2 is 2.20 bits per heavy atom. The Labute approximate surface area is 113 Å². The van der Waals surface area contributed by atoms with E-state index < -0.39 is 45.1 Å². The number of aliphatic hydroxyl groups is 2. The number of hydrogen-bond donors (Lipinski definition) is 5. The molecule has 20 heavy (non-hydrogen) atoms. The number of nitrogens with one attached hydrogen (secondary N) is 1. The lowest BCUT2D eigenvalue weighted by molar-refractivity contribution is -0.0547. The Morgan fingerprint density at radius 3 is 2.80 bits per heavy atom. The van der Waals surface area contributed by atoms with Crippen molar-refractivity contribution in [2.24, 2.45) is 0 Å². The monoisotopic (exact) mass is 310 g/mol. The summed E-state index contributed by atoms with van der Waals surface area (Å²) in [5.41, 5.74) is 0. The normalized spacial score (nSPS) is 34.4. The third kappa shape index (κ3) is 3.76. The second-order valence-corrected chi connectivity index (χ2v) is 5.60. The lowest BCUT2D eigenvalue weighted by Gasteiger charge is -2.29. The minimum atomic E-state index is -4.65. The molecule has 0 aromatic rings. The zero-order valence-electron chi connectivity index (χ0n) is 10.2. The van der Waals surface area contributed by atoms with Gasteiger partial charge in [0.2, 0.25) is 0 Å². The van der Waals surface area contributed by atoms with Crippen molar-refractivity contribution in [2.75, 3.05) is 6.61 Å². The SMILES string of the molecule is O=C1N[C@H](O)C=CN1[C@H]1C[C@H](O)C(COP(=O)(O)O)O1.